The summed E-state index contributed by atoms with van der Waals surface area (Å²) in [4.78, 5) is 41.1. The van der Waals surface area contributed by atoms with E-state index in [9.17, 15) is 9.59 Å². The minimum atomic E-state index is -0.636. The zero-order valence-corrected chi connectivity index (χ0v) is 17.7. The average Bonchev–Trinajstić information content (AvgIpc) is 3.34. The molecule has 31 heavy (non-hydrogen) atoms. The summed E-state index contributed by atoms with van der Waals surface area (Å²) in [7, 11) is 1.64. The summed E-state index contributed by atoms with van der Waals surface area (Å²) in [6, 6.07) is 9.54. The Labute approximate surface area is 183 Å². The van der Waals surface area contributed by atoms with Crippen molar-refractivity contribution in [3.8, 4) is 16.6 Å². The maximum absolute atomic E-state index is 12.5. The number of piperazine rings is 1. The quantitative estimate of drug-likeness (QED) is 0.539. The number of aromatic nitrogens is 3. The molecule has 160 valence electrons. The molecule has 1 fully saturated rings. The molecule has 3 heterocycles. The predicted molar refractivity (Wildman–Crippen MR) is 115 cm³/mol. The molecule has 0 unspecified atom stereocenters. The fraction of sp³-hybridized carbons (Fsp3) is 0.286. The molecule has 0 aliphatic carbocycles. The molecule has 0 spiro atoms. The molecule has 10 heteroatoms. The number of ether oxygens (including phenoxy) is 2. The maximum atomic E-state index is 12.5. The van der Waals surface area contributed by atoms with E-state index >= 15 is 0 Å². The molecule has 1 aliphatic heterocycles. The van der Waals surface area contributed by atoms with Gasteiger partial charge in [0.15, 0.2) is 23.1 Å². The predicted octanol–water partition coefficient (Wildman–Crippen LogP) is 2.11. The Morgan fingerprint density at radius 2 is 1.77 bits per heavy atom. The summed E-state index contributed by atoms with van der Waals surface area (Å²) in [5, 5.41) is 2.10. The van der Waals surface area contributed by atoms with Gasteiger partial charge in [0.05, 0.1) is 7.11 Å². The summed E-state index contributed by atoms with van der Waals surface area (Å²) in [6.45, 7) is 2.23. The second kappa shape index (κ2) is 9.52. The Hall–Kier alpha value is -3.53. The van der Waals surface area contributed by atoms with Crippen LogP contribution in [-0.2, 0) is 9.53 Å². The van der Waals surface area contributed by atoms with Crippen molar-refractivity contribution in [2.24, 2.45) is 0 Å². The van der Waals surface area contributed by atoms with Crippen molar-refractivity contribution in [3.63, 3.8) is 0 Å². The number of nitrogens with zero attached hydrogens (tertiary/aromatic N) is 5. The first-order valence-corrected chi connectivity index (χ1v) is 10.6. The number of thiazole rings is 1. The lowest BCUT2D eigenvalue weighted by atomic mass is 10.2. The van der Waals surface area contributed by atoms with Crippen molar-refractivity contribution in [2.75, 3.05) is 44.8 Å². The normalized spacial score (nSPS) is 13.7. The number of methoxy groups -OCH3 is 1. The van der Waals surface area contributed by atoms with Gasteiger partial charge in [0.1, 0.15) is 5.75 Å². The van der Waals surface area contributed by atoms with Crippen molar-refractivity contribution >= 4 is 28.9 Å². The lowest BCUT2D eigenvalue weighted by molar-refractivity contribution is -0.134. The third-order valence-corrected chi connectivity index (χ3v) is 5.71. The van der Waals surface area contributed by atoms with Crippen LogP contribution in [0.5, 0.6) is 5.75 Å². The lowest BCUT2D eigenvalue weighted by Crippen LogP contribution is -2.49. The number of benzene rings is 1. The number of hydrogen-bond acceptors (Lipinski definition) is 9. The highest BCUT2D eigenvalue weighted by molar-refractivity contribution is 7.13. The number of amides is 1. The zero-order valence-electron chi connectivity index (χ0n) is 16.9. The third-order valence-electron chi connectivity index (χ3n) is 4.87. The Morgan fingerprint density at radius 1 is 1.06 bits per heavy atom. The summed E-state index contributed by atoms with van der Waals surface area (Å²) >= 11 is 1.25. The van der Waals surface area contributed by atoms with Crippen molar-refractivity contribution in [3.05, 3.63) is 53.8 Å². The summed E-state index contributed by atoms with van der Waals surface area (Å²) < 4.78 is 10.4. The van der Waals surface area contributed by atoms with Gasteiger partial charge in [-0.15, -0.1) is 11.3 Å². The zero-order chi connectivity index (χ0) is 21.6. The van der Waals surface area contributed by atoms with Gasteiger partial charge in [-0.25, -0.2) is 19.7 Å². The number of esters is 1. The van der Waals surface area contributed by atoms with Gasteiger partial charge in [0.2, 0.25) is 0 Å². The molecule has 0 bridgehead atoms. The molecular formula is C21H21N5O4S. The highest BCUT2D eigenvalue weighted by Gasteiger charge is 2.23. The molecule has 0 N–H and O–H groups in total. The molecule has 0 atom stereocenters. The van der Waals surface area contributed by atoms with Crippen LogP contribution in [0.2, 0.25) is 0 Å². The number of carbonyl (C=O) groups excluding carboxylic acids is 2. The molecule has 1 amide bonds. The van der Waals surface area contributed by atoms with Gasteiger partial charge in [0.25, 0.3) is 5.91 Å². The first-order chi connectivity index (χ1) is 15.1. The van der Waals surface area contributed by atoms with Gasteiger partial charge in [0, 0.05) is 49.6 Å². The molecule has 0 saturated carbocycles. The highest BCUT2D eigenvalue weighted by atomic mass is 32.1. The van der Waals surface area contributed by atoms with Crippen LogP contribution in [0.25, 0.3) is 10.8 Å². The number of hydrogen-bond donors (Lipinski definition) is 0. The van der Waals surface area contributed by atoms with Gasteiger partial charge < -0.3 is 19.3 Å². The van der Waals surface area contributed by atoms with Crippen LogP contribution in [0.4, 0.5) is 5.69 Å². The number of rotatable bonds is 6. The SMILES string of the molecule is COc1ccc(N2CCN(C(=O)COC(=O)c3csc(-c4ncccn4)n3)CC2)cc1. The monoisotopic (exact) mass is 439 g/mol. The Morgan fingerprint density at radius 3 is 2.45 bits per heavy atom. The van der Waals surface area contributed by atoms with E-state index < -0.39 is 5.97 Å². The van der Waals surface area contributed by atoms with Crippen molar-refractivity contribution < 1.29 is 19.1 Å². The first-order valence-electron chi connectivity index (χ1n) is 9.71. The fourth-order valence-electron chi connectivity index (χ4n) is 3.18. The van der Waals surface area contributed by atoms with Crippen LogP contribution in [0.3, 0.4) is 0 Å². The van der Waals surface area contributed by atoms with Crippen LogP contribution in [0.15, 0.2) is 48.1 Å². The van der Waals surface area contributed by atoms with Gasteiger partial charge in [-0.2, -0.15) is 0 Å². The molecule has 1 aromatic carbocycles. The molecular weight excluding hydrogens is 418 g/mol. The smallest absolute Gasteiger partial charge is 0.358 e. The largest absolute Gasteiger partial charge is 0.497 e. The van der Waals surface area contributed by atoms with Gasteiger partial charge in [-0.1, -0.05) is 0 Å². The van der Waals surface area contributed by atoms with E-state index in [1.165, 1.54) is 11.3 Å². The van der Waals surface area contributed by atoms with Gasteiger partial charge in [-0.3, -0.25) is 4.79 Å². The molecule has 0 radical (unpaired) electrons. The van der Waals surface area contributed by atoms with Crippen LogP contribution >= 0.6 is 11.3 Å². The van der Waals surface area contributed by atoms with Crippen molar-refractivity contribution in [1.29, 1.82) is 0 Å². The maximum Gasteiger partial charge on any atom is 0.358 e. The topological polar surface area (TPSA) is 97.8 Å². The van der Waals surface area contributed by atoms with E-state index in [4.69, 9.17) is 9.47 Å². The standard InChI is InChI=1S/C21H21N5O4S/c1-29-16-5-3-15(4-6-16)25-9-11-26(12-10-25)18(27)13-30-21(28)17-14-31-20(24-17)19-22-7-2-8-23-19/h2-8,14H,9-13H2,1H3. The van der Waals surface area contributed by atoms with Crippen molar-refractivity contribution in [2.45, 2.75) is 0 Å². The van der Waals surface area contributed by atoms with E-state index in [0.717, 1.165) is 11.4 Å². The van der Waals surface area contributed by atoms with E-state index in [1.807, 2.05) is 24.3 Å². The molecule has 1 aliphatic rings. The van der Waals surface area contributed by atoms with E-state index in [2.05, 4.69) is 19.9 Å². The second-order valence-electron chi connectivity index (χ2n) is 6.75. The Balaban J connectivity index is 1.26. The second-order valence-corrected chi connectivity index (χ2v) is 7.61. The van der Waals surface area contributed by atoms with E-state index in [-0.39, 0.29) is 18.2 Å². The lowest BCUT2D eigenvalue weighted by Gasteiger charge is -2.36. The fourth-order valence-corrected chi connectivity index (χ4v) is 3.91. The average molecular weight is 439 g/mol. The van der Waals surface area contributed by atoms with Crippen LogP contribution in [0, 0.1) is 0 Å². The third kappa shape index (κ3) is 4.97. The van der Waals surface area contributed by atoms with E-state index in [1.54, 1.807) is 35.8 Å². The van der Waals surface area contributed by atoms with Crippen LogP contribution < -0.4 is 9.64 Å². The van der Waals surface area contributed by atoms with E-state index in [0.29, 0.717) is 37.0 Å². The van der Waals surface area contributed by atoms with Gasteiger partial charge >= 0.3 is 5.97 Å². The van der Waals surface area contributed by atoms with Crippen LogP contribution in [0.1, 0.15) is 10.5 Å². The molecule has 1 saturated heterocycles. The number of carbonyl (C=O) groups is 2. The Kier molecular flexibility index (Phi) is 6.37. The molecule has 4 rings (SSSR count). The number of anilines is 1. The minimum absolute atomic E-state index is 0.143. The summed E-state index contributed by atoms with van der Waals surface area (Å²) in [5.41, 5.74) is 1.23. The molecule has 3 aromatic rings. The highest BCUT2D eigenvalue weighted by Crippen LogP contribution is 2.21. The Bertz CT molecular complexity index is 1030. The molecule has 9 nitrogen and oxygen atoms in total. The van der Waals surface area contributed by atoms with Gasteiger partial charge in [-0.05, 0) is 30.3 Å². The summed E-state index contributed by atoms with van der Waals surface area (Å²) in [5.74, 6) is 0.397. The van der Waals surface area contributed by atoms with Crippen LogP contribution in [-0.4, -0.2) is 71.6 Å². The molecule has 2 aromatic heterocycles. The minimum Gasteiger partial charge on any atom is -0.497 e. The first kappa shape index (κ1) is 20.7. The van der Waals surface area contributed by atoms with Crippen molar-refractivity contribution in [1.82, 2.24) is 19.9 Å². The summed E-state index contributed by atoms with van der Waals surface area (Å²) in [6.07, 6.45) is 3.21.